The molecule has 0 radical (unpaired) electrons. The number of nitrogens with zero attached hydrogens (tertiary/aromatic N) is 2. The summed E-state index contributed by atoms with van der Waals surface area (Å²) in [4.78, 5) is 0. The van der Waals surface area contributed by atoms with Crippen molar-refractivity contribution in [2.45, 2.75) is 77.5 Å². The first kappa shape index (κ1) is 13.1. The fourth-order valence-corrected chi connectivity index (χ4v) is 6.97. The van der Waals surface area contributed by atoms with E-state index in [2.05, 4.69) is 37.0 Å². The molecule has 0 aromatic rings. The van der Waals surface area contributed by atoms with Gasteiger partial charge < -0.3 is 0 Å². The quantitative estimate of drug-likeness (QED) is 0.688. The molecule has 1 saturated carbocycles. The second kappa shape index (κ2) is 5.10. The monoisotopic (exact) mass is 262 g/mol. The lowest BCUT2D eigenvalue weighted by molar-refractivity contribution is 0.173. The van der Waals surface area contributed by atoms with Crippen molar-refractivity contribution in [2.24, 2.45) is 0 Å². The van der Waals surface area contributed by atoms with Gasteiger partial charge in [-0.2, -0.15) is 0 Å². The molecule has 2 fully saturated rings. The lowest BCUT2D eigenvalue weighted by Crippen LogP contribution is -2.43. The highest BCUT2D eigenvalue weighted by Crippen LogP contribution is 2.62. The van der Waals surface area contributed by atoms with Crippen LogP contribution >= 0.6 is 18.8 Å². The summed E-state index contributed by atoms with van der Waals surface area (Å²) in [5, 5.41) is 0. The molecule has 0 spiro atoms. The number of fused-ring (bicyclic) bond motifs is 1. The van der Waals surface area contributed by atoms with Crippen molar-refractivity contribution in [3.05, 3.63) is 0 Å². The highest BCUT2D eigenvalue weighted by atomic mass is 35.7. The normalized spacial score (nSPS) is 33.9. The third-order valence-corrected chi connectivity index (χ3v) is 7.14. The Morgan fingerprint density at radius 2 is 1.31 bits per heavy atom. The van der Waals surface area contributed by atoms with Crippen LogP contribution in [0.25, 0.3) is 0 Å². The van der Waals surface area contributed by atoms with Gasteiger partial charge >= 0.3 is 0 Å². The predicted molar refractivity (Wildman–Crippen MR) is 72.8 cm³/mol. The Labute approximate surface area is 106 Å². The van der Waals surface area contributed by atoms with Crippen molar-refractivity contribution in [3.63, 3.8) is 0 Å². The summed E-state index contributed by atoms with van der Waals surface area (Å²) < 4.78 is 5.17. The number of hydrogen-bond acceptors (Lipinski definition) is 2. The molecule has 16 heavy (non-hydrogen) atoms. The van der Waals surface area contributed by atoms with Crippen molar-refractivity contribution in [1.29, 1.82) is 0 Å². The zero-order valence-corrected chi connectivity index (χ0v) is 12.5. The summed E-state index contributed by atoms with van der Waals surface area (Å²) >= 11 is 6.73. The lowest BCUT2D eigenvalue weighted by atomic mass is 9.89. The standard InChI is InChI=1S/C12H24ClN2P/c1-9(2)14-11-7-5-6-8-12(11)15(10(3)4)16(14)13/h9-12H,5-8H2,1-4H3/t11-,12-/m1/s1. The molecule has 2 nitrogen and oxygen atoms in total. The maximum absolute atomic E-state index is 6.73. The molecule has 2 atom stereocenters. The van der Waals surface area contributed by atoms with E-state index < -0.39 is 7.58 Å². The molecular formula is C12H24ClN2P. The first-order valence-electron chi connectivity index (χ1n) is 6.56. The van der Waals surface area contributed by atoms with Gasteiger partial charge in [-0.15, -0.1) is 0 Å². The minimum absolute atomic E-state index is 0.581. The molecular weight excluding hydrogens is 239 g/mol. The van der Waals surface area contributed by atoms with Crippen LogP contribution in [0.5, 0.6) is 0 Å². The molecule has 0 unspecified atom stereocenters. The molecule has 0 N–H and O–H groups in total. The molecule has 0 amide bonds. The summed E-state index contributed by atoms with van der Waals surface area (Å²) in [5.74, 6) is 0. The number of hydrogen-bond donors (Lipinski definition) is 0. The van der Waals surface area contributed by atoms with E-state index in [9.17, 15) is 0 Å². The van der Waals surface area contributed by atoms with Crippen LogP contribution in [0.2, 0.25) is 0 Å². The van der Waals surface area contributed by atoms with E-state index in [4.69, 9.17) is 11.2 Å². The van der Waals surface area contributed by atoms with Crippen LogP contribution in [0, 0.1) is 0 Å². The lowest BCUT2D eigenvalue weighted by Gasteiger charge is -2.33. The van der Waals surface area contributed by atoms with Gasteiger partial charge in [0.15, 0.2) is 0 Å². The molecule has 0 aromatic carbocycles. The smallest absolute Gasteiger partial charge is 0.141 e. The van der Waals surface area contributed by atoms with Crippen LogP contribution in [0.3, 0.4) is 0 Å². The van der Waals surface area contributed by atoms with Crippen molar-refractivity contribution in [3.8, 4) is 0 Å². The average Bonchev–Trinajstić information content (AvgIpc) is 2.49. The fraction of sp³-hybridized carbons (Fsp3) is 1.00. The van der Waals surface area contributed by atoms with Crippen LogP contribution in [0.4, 0.5) is 0 Å². The molecule has 1 heterocycles. The van der Waals surface area contributed by atoms with Crippen LogP contribution in [-0.4, -0.2) is 33.5 Å². The van der Waals surface area contributed by atoms with Gasteiger partial charge in [-0.1, -0.05) is 24.1 Å². The van der Waals surface area contributed by atoms with Gasteiger partial charge in [0.05, 0.1) is 0 Å². The molecule has 2 aliphatic rings. The molecule has 1 saturated heterocycles. The van der Waals surface area contributed by atoms with E-state index in [-0.39, 0.29) is 0 Å². The van der Waals surface area contributed by atoms with E-state index in [0.717, 1.165) is 12.1 Å². The summed E-state index contributed by atoms with van der Waals surface area (Å²) in [6, 6.07) is 2.61. The third kappa shape index (κ3) is 2.14. The van der Waals surface area contributed by atoms with Crippen LogP contribution in [-0.2, 0) is 0 Å². The van der Waals surface area contributed by atoms with Gasteiger partial charge in [-0.05, 0) is 40.5 Å². The number of halogens is 1. The van der Waals surface area contributed by atoms with Gasteiger partial charge in [0, 0.05) is 24.2 Å². The average molecular weight is 263 g/mol. The molecule has 1 aliphatic carbocycles. The zero-order valence-electron chi connectivity index (χ0n) is 10.9. The van der Waals surface area contributed by atoms with E-state index in [1.165, 1.54) is 25.7 Å². The van der Waals surface area contributed by atoms with Gasteiger partial charge in [0.1, 0.15) is 7.58 Å². The van der Waals surface area contributed by atoms with Gasteiger partial charge in [-0.3, -0.25) is 9.34 Å². The van der Waals surface area contributed by atoms with Crippen molar-refractivity contribution in [1.82, 2.24) is 9.34 Å². The van der Waals surface area contributed by atoms with E-state index in [1.807, 2.05) is 0 Å². The van der Waals surface area contributed by atoms with E-state index in [1.54, 1.807) is 0 Å². The van der Waals surface area contributed by atoms with Crippen LogP contribution < -0.4 is 0 Å². The largest absolute Gasteiger partial charge is 0.250 e. The molecule has 0 bridgehead atoms. The summed E-state index contributed by atoms with van der Waals surface area (Å²) in [6.45, 7) is 9.14. The topological polar surface area (TPSA) is 6.48 Å². The second-order valence-corrected chi connectivity index (χ2v) is 7.92. The Morgan fingerprint density at radius 3 is 1.62 bits per heavy atom. The Kier molecular flexibility index (Phi) is 4.17. The molecule has 1 aliphatic heterocycles. The minimum atomic E-state index is -0.582. The predicted octanol–water partition coefficient (Wildman–Crippen LogP) is 4.20. The SMILES string of the molecule is CC(C)N1[C@@H]2CCCC[C@H]2N(C(C)C)P1Cl. The maximum Gasteiger partial charge on any atom is 0.141 e. The van der Waals surface area contributed by atoms with Crippen molar-refractivity contribution < 1.29 is 0 Å². The summed E-state index contributed by atoms with van der Waals surface area (Å²) in [7, 11) is -0.582. The van der Waals surface area contributed by atoms with Gasteiger partial charge in [0.25, 0.3) is 0 Å². The van der Waals surface area contributed by atoms with Crippen molar-refractivity contribution >= 4 is 18.8 Å². The highest BCUT2D eigenvalue weighted by Gasteiger charge is 2.49. The van der Waals surface area contributed by atoms with Crippen molar-refractivity contribution in [2.75, 3.05) is 0 Å². The Morgan fingerprint density at radius 1 is 0.938 bits per heavy atom. The summed E-state index contributed by atoms with van der Waals surface area (Å²) in [6.07, 6.45) is 5.46. The third-order valence-electron chi connectivity index (χ3n) is 3.81. The fourth-order valence-electron chi connectivity index (χ4n) is 3.22. The van der Waals surface area contributed by atoms with Gasteiger partial charge in [-0.25, -0.2) is 0 Å². The summed E-state index contributed by atoms with van der Waals surface area (Å²) in [5.41, 5.74) is 0. The highest BCUT2D eigenvalue weighted by molar-refractivity contribution is 7.80. The van der Waals surface area contributed by atoms with Gasteiger partial charge in [0.2, 0.25) is 0 Å². The number of rotatable bonds is 2. The second-order valence-electron chi connectivity index (χ2n) is 5.61. The Balaban J connectivity index is 2.23. The Hall–Kier alpha value is 0.640. The van der Waals surface area contributed by atoms with E-state index >= 15 is 0 Å². The van der Waals surface area contributed by atoms with Crippen LogP contribution in [0.1, 0.15) is 53.4 Å². The molecule has 0 aromatic heterocycles. The Bertz CT molecular complexity index is 223. The van der Waals surface area contributed by atoms with Crippen LogP contribution in [0.15, 0.2) is 0 Å². The first-order chi connectivity index (χ1) is 7.54. The maximum atomic E-state index is 6.73. The molecule has 2 rings (SSSR count). The zero-order chi connectivity index (χ0) is 11.9. The first-order valence-corrected chi connectivity index (χ1v) is 8.71. The molecule has 94 valence electrons. The molecule has 4 heteroatoms. The van der Waals surface area contributed by atoms with E-state index in [0.29, 0.717) is 12.1 Å². The minimum Gasteiger partial charge on any atom is -0.250 e.